The van der Waals surface area contributed by atoms with Crippen molar-refractivity contribution in [2.24, 2.45) is 0 Å². The molecule has 1 aliphatic rings. The molecule has 0 spiro atoms. The summed E-state index contributed by atoms with van der Waals surface area (Å²) >= 11 is 0. The number of methoxy groups -OCH3 is 1. The van der Waals surface area contributed by atoms with Gasteiger partial charge in [0.05, 0.1) is 13.7 Å². The normalized spacial score (nSPS) is 15.1. The number of alkyl halides is 3. The first kappa shape index (κ1) is 20.8. The number of hydrogen-bond acceptors (Lipinski definition) is 5. The SMILES string of the molecule is COc1cccc(N2CCN(CC(=O)Nc3ccc(OC(F)(F)F)cc3)CC2)c1. The van der Waals surface area contributed by atoms with Gasteiger partial charge in [-0.3, -0.25) is 9.69 Å². The number of halogens is 3. The summed E-state index contributed by atoms with van der Waals surface area (Å²) < 4.78 is 45.6. The summed E-state index contributed by atoms with van der Waals surface area (Å²) in [5, 5.41) is 2.69. The molecule has 0 unspecified atom stereocenters. The van der Waals surface area contributed by atoms with E-state index in [9.17, 15) is 18.0 Å². The molecule has 1 heterocycles. The lowest BCUT2D eigenvalue weighted by atomic mass is 10.2. The highest BCUT2D eigenvalue weighted by Gasteiger charge is 2.31. The molecule has 1 fully saturated rings. The number of amides is 1. The Bertz CT molecular complexity index is 820. The van der Waals surface area contributed by atoms with Gasteiger partial charge < -0.3 is 19.7 Å². The van der Waals surface area contributed by atoms with Gasteiger partial charge in [0.25, 0.3) is 0 Å². The lowest BCUT2D eigenvalue weighted by Gasteiger charge is -2.35. The van der Waals surface area contributed by atoms with E-state index in [-0.39, 0.29) is 18.2 Å². The van der Waals surface area contributed by atoms with Crippen molar-refractivity contribution in [1.82, 2.24) is 4.90 Å². The average Bonchev–Trinajstić information content (AvgIpc) is 2.69. The van der Waals surface area contributed by atoms with Gasteiger partial charge in [0.15, 0.2) is 0 Å². The molecule has 3 rings (SSSR count). The van der Waals surface area contributed by atoms with Crippen LogP contribution in [0.25, 0.3) is 0 Å². The minimum Gasteiger partial charge on any atom is -0.497 e. The zero-order valence-corrected chi connectivity index (χ0v) is 15.9. The molecule has 1 amide bonds. The molecule has 0 atom stereocenters. The number of ether oxygens (including phenoxy) is 2. The molecular weight excluding hydrogens is 387 g/mol. The second kappa shape index (κ2) is 9.04. The molecule has 29 heavy (non-hydrogen) atoms. The summed E-state index contributed by atoms with van der Waals surface area (Å²) in [6, 6.07) is 12.9. The molecule has 156 valence electrons. The van der Waals surface area contributed by atoms with Crippen molar-refractivity contribution < 1.29 is 27.4 Å². The standard InChI is InChI=1S/C20H22F3N3O3/c1-28-18-4-2-3-16(13-18)26-11-9-25(10-12-26)14-19(27)24-15-5-7-17(8-6-15)29-20(21,22)23/h2-8,13H,9-12,14H2,1H3,(H,24,27). The van der Waals surface area contributed by atoms with Gasteiger partial charge in [-0.15, -0.1) is 13.2 Å². The first-order valence-corrected chi connectivity index (χ1v) is 9.09. The zero-order chi connectivity index (χ0) is 20.9. The van der Waals surface area contributed by atoms with E-state index in [2.05, 4.69) is 15.0 Å². The quantitative estimate of drug-likeness (QED) is 0.793. The van der Waals surface area contributed by atoms with E-state index in [1.807, 2.05) is 29.2 Å². The van der Waals surface area contributed by atoms with Crippen molar-refractivity contribution in [2.45, 2.75) is 6.36 Å². The van der Waals surface area contributed by atoms with E-state index < -0.39 is 6.36 Å². The Morgan fingerprint density at radius 1 is 1.03 bits per heavy atom. The second-order valence-corrected chi connectivity index (χ2v) is 6.59. The molecule has 2 aromatic rings. The number of piperazine rings is 1. The maximum Gasteiger partial charge on any atom is 0.573 e. The molecule has 0 bridgehead atoms. The molecule has 0 aliphatic carbocycles. The van der Waals surface area contributed by atoms with Crippen LogP contribution in [0.4, 0.5) is 24.5 Å². The van der Waals surface area contributed by atoms with Crippen molar-refractivity contribution >= 4 is 17.3 Å². The lowest BCUT2D eigenvalue weighted by molar-refractivity contribution is -0.274. The number of carbonyl (C=O) groups excluding carboxylic acids is 1. The van der Waals surface area contributed by atoms with Crippen LogP contribution in [-0.2, 0) is 4.79 Å². The topological polar surface area (TPSA) is 54.0 Å². The Morgan fingerprint density at radius 2 is 1.72 bits per heavy atom. The zero-order valence-electron chi connectivity index (χ0n) is 15.9. The highest BCUT2D eigenvalue weighted by Crippen LogP contribution is 2.24. The Labute approximate surface area is 166 Å². The molecule has 0 aromatic heterocycles. The van der Waals surface area contributed by atoms with Gasteiger partial charge in [-0.25, -0.2) is 0 Å². The van der Waals surface area contributed by atoms with Crippen molar-refractivity contribution in [3.05, 3.63) is 48.5 Å². The smallest absolute Gasteiger partial charge is 0.497 e. The average molecular weight is 409 g/mol. The number of benzene rings is 2. The van der Waals surface area contributed by atoms with Crippen LogP contribution in [0.15, 0.2) is 48.5 Å². The Hall–Kier alpha value is -2.94. The maximum absolute atomic E-state index is 12.2. The molecule has 2 aromatic carbocycles. The number of rotatable bonds is 6. The first-order chi connectivity index (χ1) is 13.8. The van der Waals surface area contributed by atoms with Gasteiger partial charge in [0.1, 0.15) is 11.5 Å². The Morgan fingerprint density at radius 3 is 2.34 bits per heavy atom. The fourth-order valence-electron chi connectivity index (χ4n) is 3.11. The number of carbonyl (C=O) groups is 1. The first-order valence-electron chi connectivity index (χ1n) is 9.09. The summed E-state index contributed by atoms with van der Waals surface area (Å²) in [7, 11) is 1.63. The van der Waals surface area contributed by atoms with E-state index in [4.69, 9.17) is 4.74 Å². The Balaban J connectivity index is 1.46. The van der Waals surface area contributed by atoms with Gasteiger partial charge in [-0.2, -0.15) is 0 Å². The molecule has 0 radical (unpaired) electrons. The molecule has 6 nitrogen and oxygen atoms in total. The van der Waals surface area contributed by atoms with Crippen LogP contribution in [-0.4, -0.2) is 57.0 Å². The van der Waals surface area contributed by atoms with Crippen molar-refractivity contribution in [3.63, 3.8) is 0 Å². The number of nitrogens with zero attached hydrogens (tertiary/aromatic N) is 2. The number of hydrogen-bond donors (Lipinski definition) is 1. The largest absolute Gasteiger partial charge is 0.573 e. The van der Waals surface area contributed by atoms with Crippen molar-refractivity contribution in [2.75, 3.05) is 50.1 Å². The van der Waals surface area contributed by atoms with Crippen molar-refractivity contribution in [1.29, 1.82) is 0 Å². The van der Waals surface area contributed by atoms with Gasteiger partial charge >= 0.3 is 6.36 Å². The summed E-state index contributed by atoms with van der Waals surface area (Å²) in [4.78, 5) is 16.5. The highest BCUT2D eigenvalue weighted by molar-refractivity contribution is 5.92. The van der Waals surface area contributed by atoms with Crippen LogP contribution < -0.4 is 19.7 Å². The predicted molar refractivity (Wildman–Crippen MR) is 103 cm³/mol. The number of anilines is 2. The summed E-state index contributed by atoms with van der Waals surface area (Å²) in [6.07, 6.45) is -4.74. The third kappa shape index (κ3) is 6.28. The number of nitrogens with one attached hydrogen (secondary N) is 1. The molecule has 1 aliphatic heterocycles. The molecule has 9 heteroatoms. The van der Waals surface area contributed by atoms with E-state index in [0.717, 1.165) is 49.7 Å². The lowest BCUT2D eigenvalue weighted by Crippen LogP contribution is -2.48. The van der Waals surface area contributed by atoms with Gasteiger partial charge in [-0.05, 0) is 36.4 Å². The van der Waals surface area contributed by atoms with Crippen LogP contribution in [0.3, 0.4) is 0 Å². The van der Waals surface area contributed by atoms with E-state index in [1.165, 1.54) is 12.1 Å². The van der Waals surface area contributed by atoms with Gasteiger partial charge in [0, 0.05) is 43.6 Å². The summed E-state index contributed by atoms with van der Waals surface area (Å²) in [5.41, 5.74) is 1.49. The van der Waals surface area contributed by atoms with Crippen LogP contribution >= 0.6 is 0 Å². The maximum atomic E-state index is 12.2. The monoisotopic (exact) mass is 409 g/mol. The fraction of sp³-hybridized carbons (Fsp3) is 0.350. The van der Waals surface area contributed by atoms with E-state index in [0.29, 0.717) is 5.69 Å². The predicted octanol–water partition coefficient (Wildman–Crippen LogP) is 3.35. The van der Waals surface area contributed by atoms with Crippen LogP contribution in [0.2, 0.25) is 0 Å². The van der Waals surface area contributed by atoms with Gasteiger partial charge in [0.2, 0.25) is 5.91 Å². The minimum atomic E-state index is -4.74. The van der Waals surface area contributed by atoms with Crippen LogP contribution in [0.5, 0.6) is 11.5 Å². The second-order valence-electron chi connectivity index (χ2n) is 6.59. The molecule has 1 N–H and O–H groups in total. The van der Waals surface area contributed by atoms with E-state index >= 15 is 0 Å². The van der Waals surface area contributed by atoms with Gasteiger partial charge in [-0.1, -0.05) is 6.07 Å². The Kier molecular flexibility index (Phi) is 6.48. The van der Waals surface area contributed by atoms with E-state index in [1.54, 1.807) is 7.11 Å². The van der Waals surface area contributed by atoms with Crippen molar-refractivity contribution in [3.8, 4) is 11.5 Å². The minimum absolute atomic E-state index is 0.215. The summed E-state index contributed by atoms with van der Waals surface area (Å²) in [5.74, 6) is 0.254. The summed E-state index contributed by atoms with van der Waals surface area (Å²) in [6.45, 7) is 3.23. The van der Waals surface area contributed by atoms with Crippen LogP contribution in [0, 0.1) is 0 Å². The molecule has 0 saturated carbocycles. The fourth-order valence-corrected chi connectivity index (χ4v) is 3.11. The van der Waals surface area contributed by atoms with Crippen LogP contribution in [0.1, 0.15) is 0 Å². The third-order valence-corrected chi connectivity index (χ3v) is 4.53. The highest BCUT2D eigenvalue weighted by atomic mass is 19.4. The molecular formula is C20H22F3N3O3. The third-order valence-electron chi connectivity index (χ3n) is 4.53. The molecule has 1 saturated heterocycles.